The lowest BCUT2D eigenvalue weighted by Crippen LogP contribution is -2.24. The maximum atomic E-state index is 13.5. The van der Waals surface area contributed by atoms with Crippen LogP contribution in [-0.2, 0) is 13.1 Å². The normalized spacial score (nSPS) is 11.3. The zero-order valence-corrected chi connectivity index (χ0v) is 16.9. The van der Waals surface area contributed by atoms with Gasteiger partial charge < -0.3 is 8.98 Å². The first-order valence-electron chi connectivity index (χ1n) is 9.97. The molecule has 0 unspecified atom stereocenters. The Labute approximate surface area is 177 Å². The van der Waals surface area contributed by atoms with Gasteiger partial charge in [0.15, 0.2) is 0 Å². The zero-order valence-electron chi connectivity index (χ0n) is 16.9. The van der Waals surface area contributed by atoms with Crippen LogP contribution in [0.1, 0.15) is 17.0 Å². The molecule has 7 heteroatoms. The van der Waals surface area contributed by atoms with Crippen LogP contribution in [-0.4, -0.2) is 18.9 Å². The molecule has 0 bridgehead atoms. The molecule has 0 amide bonds. The van der Waals surface area contributed by atoms with E-state index in [1.807, 2.05) is 48.5 Å². The summed E-state index contributed by atoms with van der Waals surface area (Å²) >= 11 is 0. The fraction of sp³-hybridized carbons (Fsp3) is 0.125. The van der Waals surface area contributed by atoms with E-state index in [9.17, 15) is 9.59 Å². The maximum absolute atomic E-state index is 13.5. The van der Waals surface area contributed by atoms with Crippen LogP contribution in [0, 0.1) is 6.92 Å². The van der Waals surface area contributed by atoms with Gasteiger partial charge in [0.05, 0.1) is 35.9 Å². The Morgan fingerprint density at radius 1 is 0.935 bits per heavy atom. The van der Waals surface area contributed by atoms with Gasteiger partial charge in [-0.25, -0.2) is 0 Å². The smallest absolute Gasteiger partial charge is 0.283 e. The topological polar surface area (TPSA) is 75.0 Å². The highest BCUT2D eigenvalue weighted by Crippen LogP contribution is 2.19. The predicted molar refractivity (Wildman–Crippen MR) is 118 cm³/mol. The number of fused-ring (bicyclic) bond motifs is 1. The van der Waals surface area contributed by atoms with Crippen LogP contribution in [0.4, 0.5) is 0 Å². The van der Waals surface area contributed by atoms with Gasteiger partial charge in [-0.1, -0.05) is 36.4 Å². The Bertz CT molecular complexity index is 1460. The van der Waals surface area contributed by atoms with Crippen LogP contribution in [0.3, 0.4) is 0 Å². The number of rotatable bonds is 5. The van der Waals surface area contributed by atoms with Crippen molar-refractivity contribution in [3.05, 3.63) is 117 Å². The molecule has 154 valence electrons. The highest BCUT2D eigenvalue weighted by molar-refractivity contribution is 5.81. The van der Waals surface area contributed by atoms with Crippen molar-refractivity contribution in [3.8, 4) is 5.88 Å². The van der Waals surface area contributed by atoms with Crippen molar-refractivity contribution >= 4 is 10.9 Å². The lowest BCUT2D eigenvalue weighted by molar-refractivity contribution is 0.477. The lowest BCUT2D eigenvalue weighted by atomic mass is 10.2. The Balaban J connectivity index is 1.76. The number of hydrogen-bond donors (Lipinski definition) is 0. The zero-order chi connectivity index (χ0) is 21.4. The molecule has 4 heterocycles. The van der Waals surface area contributed by atoms with Crippen LogP contribution in [0.2, 0.25) is 0 Å². The highest BCUT2D eigenvalue weighted by Gasteiger charge is 2.21. The number of benzene rings is 1. The lowest BCUT2D eigenvalue weighted by Gasteiger charge is -2.12. The largest absolute Gasteiger partial charge is 0.447 e. The van der Waals surface area contributed by atoms with Gasteiger partial charge in [-0.15, -0.1) is 0 Å². The quantitative estimate of drug-likeness (QED) is 0.444. The molecule has 4 aromatic heterocycles. The molecule has 0 radical (unpaired) electrons. The Hall–Kier alpha value is -4.13. The second kappa shape index (κ2) is 7.60. The first-order chi connectivity index (χ1) is 15.1. The minimum Gasteiger partial charge on any atom is -0.447 e. The summed E-state index contributed by atoms with van der Waals surface area (Å²) in [5.41, 5.74) is 2.52. The van der Waals surface area contributed by atoms with Crippen molar-refractivity contribution in [2.75, 3.05) is 0 Å². The van der Waals surface area contributed by atoms with E-state index in [0.717, 1.165) is 11.3 Å². The van der Waals surface area contributed by atoms with Gasteiger partial charge in [0.25, 0.3) is 11.1 Å². The molecule has 5 aromatic rings. The Morgan fingerprint density at radius 3 is 2.45 bits per heavy atom. The van der Waals surface area contributed by atoms with Crippen LogP contribution in [0.15, 0.2) is 93.2 Å². The number of pyridine rings is 2. The first-order valence-corrected chi connectivity index (χ1v) is 9.97. The van der Waals surface area contributed by atoms with Gasteiger partial charge in [0.1, 0.15) is 0 Å². The summed E-state index contributed by atoms with van der Waals surface area (Å²) in [6.45, 7) is 2.52. The van der Waals surface area contributed by atoms with E-state index in [-0.39, 0.29) is 11.1 Å². The summed E-state index contributed by atoms with van der Waals surface area (Å²) < 4.78 is 10.4. The van der Waals surface area contributed by atoms with Crippen LogP contribution in [0.25, 0.3) is 16.8 Å². The molecule has 31 heavy (non-hydrogen) atoms. The van der Waals surface area contributed by atoms with Crippen molar-refractivity contribution < 1.29 is 4.42 Å². The SMILES string of the molecule is Cc1c2c(=O)n(-c3ccco3)n(Cc3ccccc3)c2cc(=O)n1Cc1ccccn1. The molecule has 0 saturated heterocycles. The molecule has 0 fully saturated rings. The van der Waals surface area contributed by atoms with Crippen molar-refractivity contribution in [1.82, 2.24) is 18.9 Å². The van der Waals surface area contributed by atoms with Crippen molar-refractivity contribution in [2.24, 2.45) is 0 Å². The average Bonchev–Trinajstić information content (AvgIpc) is 3.39. The fourth-order valence-corrected chi connectivity index (χ4v) is 3.92. The average molecular weight is 412 g/mol. The summed E-state index contributed by atoms with van der Waals surface area (Å²) in [4.78, 5) is 30.9. The molecule has 1 aromatic carbocycles. The van der Waals surface area contributed by atoms with Crippen LogP contribution < -0.4 is 11.1 Å². The van der Waals surface area contributed by atoms with E-state index in [4.69, 9.17) is 4.42 Å². The van der Waals surface area contributed by atoms with E-state index < -0.39 is 0 Å². The second-order valence-corrected chi connectivity index (χ2v) is 7.35. The summed E-state index contributed by atoms with van der Waals surface area (Å²) in [5, 5.41) is 0.489. The molecular formula is C24H20N4O3. The van der Waals surface area contributed by atoms with Crippen molar-refractivity contribution in [2.45, 2.75) is 20.0 Å². The fourth-order valence-electron chi connectivity index (χ4n) is 3.92. The van der Waals surface area contributed by atoms with E-state index in [2.05, 4.69) is 4.98 Å². The molecule has 7 nitrogen and oxygen atoms in total. The van der Waals surface area contributed by atoms with E-state index in [0.29, 0.717) is 35.6 Å². The number of aromatic nitrogens is 4. The third kappa shape index (κ3) is 3.30. The molecule has 0 aliphatic carbocycles. The number of nitrogens with zero attached hydrogens (tertiary/aromatic N) is 4. The standard InChI is InChI=1S/C24H20N4O3/c1-17-23-20(14-21(29)26(17)16-19-10-5-6-12-25-19)27(15-18-8-3-2-4-9-18)28(24(23)30)22-11-7-13-31-22/h2-14H,15-16H2,1H3. The molecular weight excluding hydrogens is 392 g/mol. The third-order valence-electron chi connectivity index (χ3n) is 5.41. The van der Waals surface area contributed by atoms with Gasteiger partial charge in [-0.2, -0.15) is 4.68 Å². The van der Waals surface area contributed by atoms with Crippen LogP contribution >= 0.6 is 0 Å². The highest BCUT2D eigenvalue weighted by atomic mass is 16.3. The maximum Gasteiger partial charge on any atom is 0.283 e. The number of hydrogen-bond acceptors (Lipinski definition) is 4. The molecule has 0 saturated carbocycles. The number of aryl methyl sites for hydroxylation is 1. The van der Waals surface area contributed by atoms with Gasteiger partial charge in [-0.05, 0) is 30.7 Å². The minimum absolute atomic E-state index is 0.186. The van der Waals surface area contributed by atoms with Gasteiger partial charge in [0, 0.05) is 24.0 Å². The summed E-state index contributed by atoms with van der Waals surface area (Å²) in [6.07, 6.45) is 3.22. The van der Waals surface area contributed by atoms with Crippen molar-refractivity contribution in [1.29, 1.82) is 0 Å². The van der Waals surface area contributed by atoms with Gasteiger partial charge >= 0.3 is 0 Å². The predicted octanol–water partition coefficient (Wildman–Crippen LogP) is 3.35. The van der Waals surface area contributed by atoms with Gasteiger partial charge in [-0.3, -0.25) is 19.3 Å². The van der Waals surface area contributed by atoms with E-state index >= 15 is 0 Å². The van der Waals surface area contributed by atoms with Crippen molar-refractivity contribution in [3.63, 3.8) is 0 Å². The Morgan fingerprint density at radius 2 is 1.74 bits per heavy atom. The molecule has 0 atom stereocenters. The van der Waals surface area contributed by atoms with E-state index in [1.54, 1.807) is 34.5 Å². The second-order valence-electron chi connectivity index (χ2n) is 7.35. The molecule has 5 rings (SSSR count). The Kier molecular flexibility index (Phi) is 4.63. The number of furan rings is 1. The third-order valence-corrected chi connectivity index (χ3v) is 5.41. The monoisotopic (exact) mass is 412 g/mol. The van der Waals surface area contributed by atoms with Gasteiger partial charge in [0.2, 0.25) is 5.88 Å². The molecule has 0 N–H and O–H groups in total. The summed E-state index contributed by atoms with van der Waals surface area (Å²) in [5.74, 6) is 0.403. The first kappa shape index (κ1) is 18.9. The summed E-state index contributed by atoms with van der Waals surface area (Å²) in [6, 6.07) is 20.4. The summed E-state index contributed by atoms with van der Waals surface area (Å²) in [7, 11) is 0. The minimum atomic E-state index is -0.229. The molecule has 0 aliphatic heterocycles. The van der Waals surface area contributed by atoms with Crippen LogP contribution in [0.5, 0.6) is 0 Å². The molecule has 0 spiro atoms. The molecule has 0 aliphatic rings. The van der Waals surface area contributed by atoms with E-state index in [1.165, 1.54) is 17.0 Å².